The van der Waals surface area contributed by atoms with Gasteiger partial charge < -0.3 is 14.2 Å². The summed E-state index contributed by atoms with van der Waals surface area (Å²) in [6.45, 7) is 3.43. The highest BCUT2D eigenvalue weighted by Gasteiger charge is 2.42. The Hall–Kier alpha value is -3.44. The predicted octanol–water partition coefficient (Wildman–Crippen LogP) is 4.75. The van der Waals surface area contributed by atoms with E-state index in [1.165, 1.54) is 0 Å². The minimum absolute atomic E-state index is 0.124. The first-order valence-electron chi connectivity index (χ1n) is 11.0. The molecule has 1 amide bonds. The van der Waals surface area contributed by atoms with Crippen molar-refractivity contribution < 1.29 is 9.21 Å². The molecule has 0 aliphatic carbocycles. The van der Waals surface area contributed by atoms with Gasteiger partial charge in [0.2, 0.25) is 5.76 Å². The Morgan fingerprint density at radius 2 is 1.69 bits per heavy atom. The molecule has 1 aromatic heterocycles. The van der Waals surface area contributed by atoms with Crippen LogP contribution in [0.3, 0.4) is 0 Å². The van der Waals surface area contributed by atoms with Crippen LogP contribution in [0.2, 0.25) is 0 Å². The van der Waals surface area contributed by atoms with Crippen molar-refractivity contribution >= 4 is 27.6 Å². The zero-order chi connectivity index (χ0) is 22.4. The molecule has 2 heterocycles. The molecule has 0 spiro atoms. The van der Waals surface area contributed by atoms with E-state index in [1.54, 1.807) is 4.90 Å². The topological polar surface area (TPSA) is 53.8 Å². The molecule has 1 atom stereocenters. The van der Waals surface area contributed by atoms with E-state index >= 15 is 0 Å². The molecule has 5 nitrogen and oxygen atoms in total. The quantitative estimate of drug-likeness (QED) is 0.432. The van der Waals surface area contributed by atoms with Crippen molar-refractivity contribution in [3.8, 4) is 0 Å². The first-order valence-corrected chi connectivity index (χ1v) is 11.0. The Labute approximate surface area is 186 Å². The molecule has 3 aromatic carbocycles. The third-order valence-corrected chi connectivity index (χ3v) is 6.26. The fourth-order valence-electron chi connectivity index (χ4n) is 4.63. The highest BCUT2D eigenvalue weighted by molar-refractivity contribution is 6.06. The molecule has 5 rings (SSSR count). The maximum Gasteiger partial charge on any atom is 0.290 e. The molecule has 1 aliphatic rings. The second kappa shape index (κ2) is 7.92. The van der Waals surface area contributed by atoms with E-state index in [4.69, 9.17) is 4.42 Å². The van der Waals surface area contributed by atoms with Gasteiger partial charge in [0.25, 0.3) is 5.91 Å². The highest BCUT2D eigenvalue weighted by Crippen LogP contribution is 2.39. The van der Waals surface area contributed by atoms with Gasteiger partial charge in [0.1, 0.15) is 5.58 Å². The van der Waals surface area contributed by atoms with Gasteiger partial charge in [0, 0.05) is 11.9 Å². The van der Waals surface area contributed by atoms with Crippen LogP contribution < -0.4 is 5.43 Å². The number of fused-ring (bicyclic) bond motifs is 4. The summed E-state index contributed by atoms with van der Waals surface area (Å²) < 4.78 is 6.24. The van der Waals surface area contributed by atoms with E-state index in [0.29, 0.717) is 23.1 Å². The first-order chi connectivity index (χ1) is 15.5. The van der Waals surface area contributed by atoms with Crippen molar-refractivity contribution in [2.24, 2.45) is 0 Å². The summed E-state index contributed by atoms with van der Waals surface area (Å²) >= 11 is 0. The Kier molecular flexibility index (Phi) is 5.06. The predicted molar refractivity (Wildman–Crippen MR) is 127 cm³/mol. The minimum atomic E-state index is -0.438. The van der Waals surface area contributed by atoms with Crippen LogP contribution in [0.5, 0.6) is 0 Å². The lowest BCUT2D eigenvalue weighted by molar-refractivity contribution is 0.0722. The maximum atomic E-state index is 13.7. The van der Waals surface area contributed by atoms with Gasteiger partial charge in [-0.05, 0) is 51.0 Å². The zero-order valence-corrected chi connectivity index (χ0v) is 18.6. The average molecular weight is 427 g/mol. The fourth-order valence-corrected chi connectivity index (χ4v) is 4.63. The summed E-state index contributed by atoms with van der Waals surface area (Å²) in [4.78, 5) is 31.2. The number of carbonyl (C=O) groups is 1. The second-order valence-corrected chi connectivity index (χ2v) is 8.81. The lowest BCUT2D eigenvalue weighted by Gasteiger charge is -2.25. The molecular weight excluding hydrogens is 400 g/mol. The summed E-state index contributed by atoms with van der Waals surface area (Å²) in [5.74, 6) is -0.0365. The normalized spacial score (nSPS) is 15.8. The van der Waals surface area contributed by atoms with E-state index in [2.05, 4.69) is 4.90 Å². The smallest absolute Gasteiger partial charge is 0.290 e. The first kappa shape index (κ1) is 20.5. The van der Waals surface area contributed by atoms with Gasteiger partial charge in [-0.3, -0.25) is 9.59 Å². The summed E-state index contributed by atoms with van der Waals surface area (Å²) in [5.41, 5.74) is 2.87. The SMILES string of the molecule is Cc1ccc(C2c3c(oc4c(ccc5ccccc54)c3=O)C(=O)N2CCCN(C)C)cc1. The Bertz CT molecular complexity index is 1390. The molecule has 0 saturated heterocycles. The molecule has 0 bridgehead atoms. The molecule has 0 saturated carbocycles. The Balaban J connectivity index is 1.72. The van der Waals surface area contributed by atoms with E-state index in [1.807, 2.05) is 81.7 Å². The van der Waals surface area contributed by atoms with Gasteiger partial charge >= 0.3 is 0 Å². The molecule has 0 fully saturated rings. The standard InChI is InChI=1S/C27H26N2O3/c1-17-9-11-19(12-10-17)23-22-24(30)21-14-13-18-7-4-5-8-20(18)25(21)32-26(22)27(31)29(23)16-6-15-28(2)3/h4-5,7-14,23H,6,15-16H2,1-3H3. The molecule has 4 aromatic rings. The molecule has 162 valence electrons. The Morgan fingerprint density at radius 1 is 0.938 bits per heavy atom. The number of amides is 1. The average Bonchev–Trinajstić information content (AvgIpc) is 3.06. The summed E-state index contributed by atoms with van der Waals surface area (Å²) in [5, 5.41) is 2.34. The van der Waals surface area contributed by atoms with Crippen LogP contribution >= 0.6 is 0 Å². The van der Waals surface area contributed by atoms with Gasteiger partial charge in [-0.15, -0.1) is 0 Å². The zero-order valence-electron chi connectivity index (χ0n) is 18.6. The highest BCUT2D eigenvalue weighted by atomic mass is 16.3. The van der Waals surface area contributed by atoms with Gasteiger partial charge in [-0.2, -0.15) is 0 Å². The van der Waals surface area contributed by atoms with Crippen LogP contribution in [0.4, 0.5) is 0 Å². The summed E-state index contributed by atoms with van der Waals surface area (Å²) in [6.07, 6.45) is 0.811. The lowest BCUT2D eigenvalue weighted by Crippen LogP contribution is -2.32. The van der Waals surface area contributed by atoms with Gasteiger partial charge in [-0.1, -0.05) is 60.2 Å². The van der Waals surface area contributed by atoms with E-state index in [0.717, 1.165) is 34.9 Å². The fraction of sp³-hybridized carbons (Fsp3) is 0.259. The monoisotopic (exact) mass is 426 g/mol. The summed E-state index contributed by atoms with van der Waals surface area (Å²) in [6, 6.07) is 19.1. The third-order valence-electron chi connectivity index (χ3n) is 6.26. The minimum Gasteiger partial charge on any atom is -0.450 e. The molecule has 1 unspecified atom stereocenters. The van der Waals surface area contributed by atoms with E-state index in [9.17, 15) is 9.59 Å². The van der Waals surface area contributed by atoms with Crippen molar-refractivity contribution in [1.29, 1.82) is 0 Å². The van der Waals surface area contributed by atoms with Gasteiger partial charge in [0.05, 0.1) is 17.0 Å². The largest absolute Gasteiger partial charge is 0.450 e. The van der Waals surface area contributed by atoms with Crippen LogP contribution in [0, 0.1) is 6.92 Å². The van der Waals surface area contributed by atoms with Crippen LogP contribution in [0.1, 0.15) is 39.7 Å². The van der Waals surface area contributed by atoms with Crippen LogP contribution in [-0.2, 0) is 0 Å². The van der Waals surface area contributed by atoms with E-state index in [-0.39, 0.29) is 17.1 Å². The van der Waals surface area contributed by atoms with E-state index < -0.39 is 6.04 Å². The number of carbonyl (C=O) groups excluding carboxylic acids is 1. The maximum absolute atomic E-state index is 13.7. The van der Waals surface area contributed by atoms with Crippen molar-refractivity contribution in [1.82, 2.24) is 9.80 Å². The van der Waals surface area contributed by atoms with Crippen LogP contribution in [0.15, 0.2) is 69.9 Å². The molecular formula is C27H26N2O3. The number of hydrogen-bond donors (Lipinski definition) is 0. The lowest BCUT2D eigenvalue weighted by atomic mass is 9.97. The van der Waals surface area contributed by atoms with Crippen LogP contribution in [0.25, 0.3) is 21.7 Å². The molecule has 5 heteroatoms. The molecule has 32 heavy (non-hydrogen) atoms. The summed E-state index contributed by atoms with van der Waals surface area (Å²) in [7, 11) is 4.03. The molecule has 0 N–H and O–H groups in total. The number of hydrogen-bond acceptors (Lipinski definition) is 4. The van der Waals surface area contributed by atoms with Crippen LogP contribution in [-0.4, -0.2) is 42.9 Å². The molecule has 1 aliphatic heterocycles. The third kappa shape index (κ3) is 3.30. The van der Waals surface area contributed by atoms with Gasteiger partial charge in [-0.25, -0.2) is 0 Å². The number of benzene rings is 3. The second-order valence-electron chi connectivity index (χ2n) is 8.81. The van der Waals surface area contributed by atoms with Crippen molar-refractivity contribution in [2.75, 3.05) is 27.2 Å². The number of nitrogens with zero attached hydrogens (tertiary/aromatic N) is 2. The number of aryl methyl sites for hydroxylation is 1. The van der Waals surface area contributed by atoms with Crippen molar-refractivity contribution in [2.45, 2.75) is 19.4 Å². The molecule has 0 radical (unpaired) electrons. The Morgan fingerprint density at radius 3 is 2.44 bits per heavy atom. The number of rotatable bonds is 5. The van der Waals surface area contributed by atoms with Gasteiger partial charge in [0.15, 0.2) is 5.43 Å². The van der Waals surface area contributed by atoms with Crippen molar-refractivity contribution in [3.63, 3.8) is 0 Å². The van der Waals surface area contributed by atoms with Crippen molar-refractivity contribution in [3.05, 3.63) is 93.3 Å².